The van der Waals surface area contributed by atoms with Crippen LogP contribution in [0, 0.1) is 0 Å². The Morgan fingerprint density at radius 3 is 2.91 bits per heavy atom. The van der Waals surface area contributed by atoms with Crippen molar-refractivity contribution in [3.8, 4) is 0 Å². The molecular formula is C19H22N6O5S2. The van der Waals surface area contributed by atoms with Gasteiger partial charge < -0.3 is 15.6 Å². The predicted octanol–water partition coefficient (Wildman–Crippen LogP) is 0.917. The predicted molar refractivity (Wildman–Crippen MR) is 116 cm³/mol. The number of nitrogens with zero attached hydrogens (tertiary/aromatic N) is 4. The van der Waals surface area contributed by atoms with Crippen LogP contribution in [-0.2, 0) is 32.1 Å². The number of aromatic nitrogens is 4. The maximum absolute atomic E-state index is 11.1. The van der Waals surface area contributed by atoms with Crippen LogP contribution >= 0.6 is 11.8 Å². The van der Waals surface area contributed by atoms with Gasteiger partial charge in [0.25, 0.3) is 0 Å². The van der Waals surface area contributed by atoms with Crippen molar-refractivity contribution in [1.29, 1.82) is 0 Å². The molecule has 5 rings (SSSR count). The monoisotopic (exact) mass is 478 g/mol. The first-order valence-corrected chi connectivity index (χ1v) is 12.4. The third-order valence-corrected chi connectivity index (χ3v) is 7.08. The summed E-state index contributed by atoms with van der Waals surface area (Å²) in [6.07, 6.45) is 2.31. The summed E-state index contributed by atoms with van der Waals surface area (Å²) in [5.41, 5.74) is 9.35. The Morgan fingerprint density at radius 1 is 1.28 bits per heavy atom. The molecule has 0 unspecified atom stereocenters. The summed E-state index contributed by atoms with van der Waals surface area (Å²) in [6, 6.07) is 6.39. The number of fused-ring (bicyclic) bond motifs is 2. The van der Waals surface area contributed by atoms with Gasteiger partial charge in [-0.3, -0.25) is 4.18 Å². The van der Waals surface area contributed by atoms with Crippen LogP contribution in [0.2, 0.25) is 0 Å². The molecule has 13 heteroatoms. The molecule has 1 saturated heterocycles. The minimum atomic E-state index is -4.15. The van der Waals surface area contributed by atoms with Crippen molar-refractivity contribution in [1.82, 2.24) is 19.7 Å². The van der Waals surface area contributed by atoms with Crippen LogP contribution in [0.3, 0.4) is 0 Å². The van der Waals surface area contributed by atoms with Crippen molar-refractivity contribution in [2.45, 2.75) is 54.0 Å². The molecular weight excluding hydrogens is 456 g/mol. The van der Waals surface area contributed by atoms with Crippen molar-refractivity contribution in [3.05, 3.63) is 35.7 Å². The van der Waals surface area contributed by atoms with Gasteiger partial charge in [-0.1, -0.05) is 17.8 Å². The van der Waals surface area contributed by atoms with E-state index in [-0.39, 0.29) is 12.2 Å². The summed E-state index contributed by atoms with van der Waals surface area (Å²) in [5, 5.41) is 21.1. The number of anilines is 1. The molecule has 11 nitrogen and oxygen atoms in total. The summed E-state index contributed by atoms with van der Waals surface area (Å²) in [7, 11) is -4.15. The van der Waals surface area contributed by atoms with E-state index in [1.807, 2.05) is 0 Å². The third-order valence-electron chi connectivity index (χ3n) is 5.64. The molecule has 0 amide bonds. The first kappa shape index (κ1) is 21.6. The average molecular weight is 479 g/mol. The van der Waals surface area contributed by atoms with Crippen LogP contribution in [0.25, 0.3) is 11.0 Å². The lowest BCUT2D eigenvalue weighted by Gasteiger charge is -2.14. The third kappa shape index (κ3) is 4.19. The van der Waals surface area contributed by atoms with Crippen LogP contribution in [0.5, 0.6) is 0 Å². The molecule has 1 aliphatic heterocycles. The van der Waals surface area contributed by atoms with E-state index in [1.54, 1.807) is 4.68 Å². The number of aryl methyl sites for hydroxylation is 2. The van der Waals surface area contributed by atoms with E-state index in [2.05, 4.69) is 37.4 Å². The first-order valence-electron chi connectivity index (χ1n) is 10.1. The second-order valence-corrected chi connectivity index (χ2v) is 10.1. The summed E-state index contributed by atoms with van der Waals surface area (Å²) in [4.78, 5) is 9.47. The Balaban J connectivity index is 1.45. The van der Waals surface area contributed by atoms with E-state index < -0.39 is 35.3 Å². The Labute approximate surface area is 188 Å². The number of ether oxygens (including phenoxy) is 1. The van der Waals surface area contributed by atoms with Crippen molar-refractivity contribution in [3.63, 3.8) is 0 Å². The average Bonchev–Trinajstić information content (AvgIpc) is 3.43. The van der Waals surface area contributed by atoms with E-state index in [9.17, 15) is 13.5 Å². The first-order chi connectivity index (χ1) is 15.3. The highest BCUT2D eigenvalue weighted by molar-refractivity contribution is 7.99. The second-order valence-electron chi connectivity index (χ2n) is 7.80. The van der Waals surface area contributed by atoms with Gasteiger partial charge in [-0.15, -0.1) is 0 Å². The normalized spacial score (nSPS) is 23.1. The van der Waals surface area contributed by atoms with E-state index in [0.717, 1.165) is 17.7 Å². The molecule has 170 valence electrons. The SMILES string of the molecule is Nc1ncnc2c1c(Sc1ccc3c(c1)CCC3)nn2[C@H]1C[C@H](O)[C@@H](COS(N)(=O)=O)O1. The Bertz CT molecular complexity index is 1280. The van der Waals surface area contributed by atoms with Crippen molar-refractivity contribution in [2.75, 3.05) is 12.3 Å². The molecule has 0 bridgehead atoms. The smallest absolute Gasteiger partial charge is 0.333 e. The van der Waals surface area contributed by atoms with Crippen LogP contribution in [0.1, 0.15) is 30.2 Å². The molecule has 5 N–H and O–H groups in total. The zero-order valence-electron chi connectivity index (χ0n) is 16.9. The van der Waals surface area contributed by atoms with Crippen LogP contribution in [-0.4, -0.2) is 52.1 Å². The molecule has 2 aliphatic rings. The molecule has 0 spiro atoms. The molecule has 3 aromatic rings. The van der Waals surface area contributed by atoms with Gasteiger partial charge in [-0.05, 0) is 42.5 Å². The summed E-state index contributed by atoms with van der Waals surface area (Å²) in [5.74, 6) is 0.289. The number of nitrogen functional groups attached to an aromatic ring is 1. The van der Waals surface area contributed by atoms with Gasteiger partial charge in [0.15, 0.2) is 11.9 Å². The van der Waals surface area contributed by atoms with E-state index in [1.165, 1.54) is 35.6 Å². The van der Waals surface area contributed by atoms with Gasteiger partial charge in [-0.25, -0.2) is 19.8 Å². The highest BCUT2D eigenvalue weighted by atomic mass is 32.2. The lowest BCUT2D eigenvalue weighted by atomic mass is 10.1. The number of hydrogen-bond acceptors (Lipinski definition) is 10. The highest BCUT2D eigenvalue weighted by Crippen LogP contribution is 2.39. The maximum atomic E-state index is 11.1. The van der Waals surface area contributed by atoms with E-state index >= 15 is 0 Å². The van der Waals surface area contributed by atoms with Crippen molar-refractivity contribution in [2.24, 2.45) is 5.14 Å². The molecule has 1 aromatic carbocycles. The van der Waals surface area contributed by atoms with Gasteiger partial charge in [-0.2, -0.15) is 13.5 Å². The fourth-order valence-corrected chi connectivity index (χ4v) is 5.45. The van der Waals surface area contributed by atoms with Gasteiger partial charge in [0, 0.05) is 11.3 Å². The Morgan fingerprint density at radius 2 is 2.09 bits per heavy atom. The number of nitrogens with two attached hydrogens (primary N) is 2. The van der Waals surface area contributed by atoms with Gasteiger partial charge in [0.05, 0.1) is 18.1 Å². The van der Waals surface area contributed by atoms with Gasteiger partial charge in [0.2, 0.25) is 0 Å². The lowest BCUT2D eigenvalue weighted by Crippen LogP contribution is -2.30. The maximum Gasteiger partial charge on any atom is 0.333 e. The zero-order chi connectivity index (χ0) is 22.5. The van der Waals surface area contributed by atoms with Crippen molar-refractivity contribution >= 4 is 38.9 Å². The highest BCUT2D eigenvalue weighted by Gasteiger charge is 2.38. The number of rotatable bonds is 6. The number of benzene rings is 1. The van der Waals surface area contributed by atoms with Crippen LogP contribution in [0.4, 0.5) is 5.82 Å². The second kappa shape index (κ2) is 8.24. The molecule has 0 saturated carbocycles. The Kier molecular flexibility index (Phi) is 5.55. The van der Waals surface area contributed by atoms with Crippen LogP contribution in [0.15, 0.2) is 34.4 Å². The minimum absolute atomic E-state index is 0.169. The quantitative estimate of drug-likeness (QED) is 0.463. The fourth-order valence-electron chi connectivity index (χ4n) is 4.14. The van der Waals surface area contributed by atoms with E-state index in [4.69, 9.17) is 15.6 Å². The molecule has 2 aromatic heterocycles. The summed E-state index contributed by atoms with van der Waals surface area (Å²) in [6.45, 7) is -0.399. The molecule has 1 fully saturated rings. The molecule has 32 heavy (non-hydrogen) atoms. The van der Waals surface area contributed by atoms with Gasteiger partial charge >= 0.3 is 10.3 Å². The fraction of sp³-hybridized carbons (Fsp3) is 0.421. The molecule has 1 aliphatic carbocycles. The topological polar surface area (TPSA) is 168 Å². The van der Waals surface area contributed by atoms with E-state index in [0.29, 0.717) is 16.1 Å². The molecule has 3 atom stereocenters. The van der Waals surface area contributed by atoms with Gasteiger partial charge in [0.1, 0.15) is 23.3 Å². The number of hydrogen-bond donors (Lipinski definition) is 3. The lowest BCUT2D eigenvalue weighted by molar-refractivity contribution is -0.0415. The molecule has 3 heterocycles. The number of aliphatic hydroxyl groups is 1. The Hall–Kier alpha value is -2.29. The zero-order valence-corrected chi connectivity index (χ0v) is 18.6. The summed E-state index contributed by atoms with van der Waals surface area (Å²) >= 11 is 1.46. The number of aliphatic hydroxyl groups excluding tert-OH is 1. The summed E-state index contributed by atoms with van der Waals surface area (Å²) < 4.78 is 34.1. The van der Waals surface area contributed by atoms with Crippen LogP contribution < -0.4 is 10.9 Å². The molecule has 0 radical (unpaired) electrons. The largest absolute Gasteiger partial charge is 0.390 e. The minimum Gasteiger partial charge on any atom is -0.390 e. The standard InChI is InChI=1S/C19H22N6O5S2/c20-17-16-18(23-9-22-17)25(15-7-13(26)14(30-15)8-29-32(21,27)28)24-19(16)31-12-5-4-10-2-1-3-11(10)6-12/h4-6,9,13-15,26H,1-3,7-8H2,(H2,20,22,23)(H2,21,27,28)/t13-,14+,15+/m0/s1. The van der Waals surface area contributed by atoms with Crippen molar-refractivity contribution < 1.29 is 22.4 Å².